The van der Waals surface area contributed by atoms with Crippen LogP contribution in [0.25, 0.3) is 204 Å². The van der Waals surface area contributed by atoms with E-state index < -0.39 is 55.2 Å². The van der Waals surface area contributed by atoms with E-state index in [1.165, 1.54) is 24.3 Å². The molecule has 15 aromatic rings. The Kier molecular flexibility index (Phi) is 27.0. The van der Waals surface area contributed by atoms with Gasteiger partial charge in [-0.05, 0) is 351 Å². The van der Waals surface area contributed by atoms with E-state index in [0.29, 0.717) is 157 Å². The summed E-state index contributed by atoms with van der Waals surface area (Å²) in [6.45, 7) is 31.8. The maximum absolute atomic E-state index is 16.7. The molecule has 16 bridgehead atoms. The van der Waals surface area contributed by atoms with Gasteiger partial charge in [0.25, 0.3) is 0 Å². The summed E-state index contributed by atoms with van der Waals surface area (Å²) < 4.78 is 128. The van der Waals surface area contributed by atoms with Crippen LogP contribution < -0.4 is 30.9 Å². The number of fused-ring (bicyclic) bond motifs is 16. The van der Waals surface area contributed by atoms with Crippen molar-refractivity contribution in [3.8, 4) is 111 Å². The van der Waals surface area contributed by atoms with Crippen LogP contribution in [0.3, 0.4) is 0 Å². The molecule has 136 heavy (non-hydrogen) atoms. The first-order chi connectivity index (χ1) is 63.1. The SMILES string of the molecule is C.C.Cc1cc(C)c(-c2c3nc(c(-c4c(C)cc(-c5cc(S(=O)(=O)[O-])c(-c6cc(C)c(-c7c8nc(c(-c9c(C)cc(C)cc9C)c9ccc([n-]9)c(-c9c(F)c(F)c(F)c(F)c9F)c9nc(c(-c%10c(C)cc(C)cc%10C)c%10ccc7[n-]%10)C=C9)C=C8)c(C)c6)cc5SOO[O-])cc4C)c4ccc([n-]4)c(-c4c(C)cc(C)cc4C)c4nc(c(-c5ccc(N)cc5)c5ccc2[n-]5)C=C4)C=C3)c(C)c1.[Zn+2].[Zn+2]. The van der Waals surface area contributed by atoms with Crippen LogP contribution in [0, 0.1) is 140 Å². The summed E-state index contributed by atoms with van der Waals surface area (Å²) in [6.07, 6.45) is 14.8. The van der Waals surface area contributed by atoms with Crippen molar-refractivity contribution >= 4 is 121 Å². The quantitative estimate of drug-likeness (QED) is 0.0123. The van der Waals surface area contributed by atoms with Crippen LogP contribution in [0.15, 0.2) is 168 Å². The fourth-order valence-corrected chi connectivity index (χ4v) is 21.6. The van der Waals surface area contributed by atoms with Gasteiger partial charge in [0.05, 0.1) is 68.1 Å². The molecule has 0 saturated heterocycles. The number of hydrogen-bond acceptors (Lipinski definition) is 12. The van der Waals surface area contributed by atoms with Gasteiger partial charge in [-0.3, -0.25) is 5.04 Å². The van der Waals surface area contributed by atoms with E-state index in [0.717, 1.165) is 106 Å². The van der Waals surface area contributed by atoms with Crippen molar-refractivity contribution in [2.45, 2.75) is 135 Å². The molecule has 0 saturated carbocycles. The smallest absolute Gasteiger partial charge is 0.744 e. The van der Waals surface area contributed by atoms with Gasteiger partial charge < -0.3 is 35.5 Å². The molecule has 0 amide bonds. The standard InChI is InChI=1S/C110H86F5N9O6S2.2CH4.2Zn/c1-51-37-55(5)91(56(6)38-51)98-75-23-21-73(117-75)97(67-17-19-70(116)20-18-67)74-22-24-76(118-74)99(92-57(7)39-52(2)40-58(92)8)78-26-30-84(120-78)102(83-29-25-77(98)119-83)95-63(13)45-68(46-64(95)14)71-50-90(132(126,127)128)72(49-89(71)131-130-129-125)69-47-65(15)96(66(16)48-69)103-85-31-27-79(121-85)100(93-59(9)41-53(3)42-60(93)10)81-33-35-87(123-81)104(105-106(111)108(113)110(115)109(114)107(105)112)88-36-34-82(124-88)101(80-28-32-86(103)122-80)94-61(11)43-54(4)44-62(94)12;;;;/h17-50,125H,116H2,1-16H3,(H,126,127,128);2*1H4;;/q-4;;;2*+2/p-2. The predicted octanol–water partition coefficient (Wildman–Crippen LogP) is 27.4. The first kappa shape index (κ1) is 97.6. The zero-order chi connectivity index (χ0) is 93.0. The molecule has 674 valence electrons. The Bertz CT molecular complexity index is 7990. The number of anilines is 1. The molecule has 4 aliphatic rings. The second kappa shape index (κ2) is 37.6. The third kappa shape index (κ3) is 17.1. The number of aromatic nitrogens is 8. The van der Waals surface area contributed by atoms with Crippen molar-refractivity contribution in [2.75, 3.05) is 5.73 Å². The Morgan fingerprint density at radius 3 is 0.779 bits per heavy atom. The van der Waals surface area contributed by atoms with Crippen molar-refractivity contribution in [1.82, 2.24) is 39.9 Å². The fraction of sp³-hybridized carbons (Fsp3) is 0.161. The minimum absolute atomic E-state index is 0. The molecular weight excluding hydrogens is 1860 g/mol. The van der Waals surface area contributed by atoms with Gasteiger partial charge in [0.15, 0.2) is 23.3 Å². The first-order valence-corrected chi connectivity index (χ1v) is 45.1. The minimum atomic E-state index is -5.40. The molecule has 0 atom stereocenters. The van der Waals surface area contributed by atoms with Crippen molar-refractivity contribution in [3.63, 3.8) is 0 Å². The number of nitrogen functional groups attached to an aromatic ring is 1. The van der Waals surface area contributed by atoms with Crippen molar-refractivity contribution in [1.29, 1.82) is 0 Å². The Balaban J connectivity index is 0.00000352. The summed E-state index contributed by atoms with van der Waals surface area (Å²) in [5, 5.41) is 16.3. The van der Waals surface area contributed by atoms with E-state index >= 15 is 22.0 Å². The van der Waals surface area contributed by atoms with Crippen LogP contribution in [0.4, 0.5) is 27.6 Å². The van der Waals surface area contributed by atoms with E-state index in [4.69, 9.17) is 49.9 Å². The molecule has 0 fully saturated rings. The van der Waals surface area contributed by atoms with Gasteiger partial charge in [0.2, 0.25) is 5.82 Å². The minimum Gasteiger partial charge on any atom is -0.744 e. The Morgan fingerprint density at radius 2 is 0.522 bits per heavy atom. The first-order valence-electron chi connectivity index (χ1n) is 42.9. The third-order valence-corrected chi connectivity index (χ3v) is 26.8. The Labute approximate surface area is 816 Å². The molecule has 0 unspecified atom stereocenters. The van der Waals surface area contributed by atoms with Crippen LogP contribution in [0.1, 0.15) is 149 Å². The zero-order valence-electron chi connectivity index (χ0n) is 76.4. The molecule has 19 rings (SSSR count). The van der Waals surface area contributed by atoms with Gasteiger partial charge >= 0.3 is 39.0 Å². The molecule has 6 aromatic heterocycles. The van der Waals surface area contributed by atoms with Gasteiger partial charge in [-0.1, -0.05) is 171 Å². The number of aryl methyl sites for hydroxylation is 16. The van der Waals surface area contributed by atoms with Gasteiger partial charge in [-0.15, -0.1) is 44.1 Å². The number of rotatable bonds is 14. The summed E-state index contributed by atoms with van der Waals surface area (Å²) in [7, 11) is -5.40. The van der Waals surface area contributed by atoms with Crippen LogP contribution in [-0.2, 0) is 58.4 Å². The molecule has 0 radical (unpaired) electrons. The fourth-order valence-electron chi connectivity index (χ4n) is 20.4. The van der Waals surface area contributed by atoms with E-state index in [1.54, 1.807) is 24.3 Å². The maximum Gasteiger partial charge on any atom is 2.00 e. The molecule has 0 spiro atoms. The van der Waals surface area contributed by atoms with Gasteiger partial charge in [0, 0.05) is 16.1 Å². The van der Waals surface area contributed by atoms with Gasteiger partial charge in [-0.25, -0.2) is 50.3 Å². The van der Waals surface area contributed by atoms with E-state index in [2.05, 4.69) is 70.8 Å². The van der Waals surface area contributed by atoms with Crippen LogP contribution in [0.2, 0.25) is 0 Å². The van der Waals surface area contributed by atoms with Crippen molar-refractivity contribution < 1.29 is 88.5 Å². The molecule has 10 heterocycles. The molecule has 24 heteroatoms. The van der Waals surface area contributed by atoms with E-state index in [1.807, 2.05) is 203 Å². The third-order valence-electron chi connectivity index (χ3n) is 25.3. The monoisotopic (exact) mass is 1950 g/mol. The van der Waals surface area contributed by atoms with Gasteiger partial charge in [0.1, 0.15) is 10.1 Å². The molecule has 4 aliphatic heterocycles. The number of halogens is 5. The van der Waals surface area contributed by atoms with Crippen LogP contribution in [0.5, 0.6) is 0 Å². The summed E-state index contributed by atoms with van der Waals surface area (Å²) in [4.78, 5) is 43.2. The maximum atomic E-state index is 16.7. The topological polar surface area (TPSA) is 233 Å². The normalized spacial score (nSPS) is 12.1. The molecule has 9 aromatic carbocycles. The second-order valence-corrected chi connectivity index (χ2v) is 37.0. The summed E-state index contributed by atoms with van der Waals surface area (Å²) >= 11 is 0.542. The van der Waals surface area contributed by atoms with Crippen LogP contribution >= 0.6 is 12.0 Å². The summed E-state index contributed by atoms with van der Waals surface area (Å²) in [6, 6.07) is 49.4. The van der Waals surface area contributed by atoms with E-state index in [-0.39, 0.29) is 92.3 Å². The number of benzene rings is 9. The number of nitrogens with zero attached hydrogens (tertiary/aromatic N) is 8. The van der Waals surface area contributed by atoms with Crippen molar-refractivity contribution in [3.05, 3.63) is 321 Å². The largest absolute Gasteiger partial charge is 2.00 e. The average Bonchev–Trinajstić information content (AvgIpc) is 1.50. The van der Waals surface area contributed by atoms with Crippen molar-refractivity contribution in [2.24, 2.45) is 0 Å². The summed E-state index contributed by atoms with van der Waals surface area (Å²) in [5.74, 6) is -10.7. The summed E-state index contributed by atoms with van der Waals surface area (Å²) in [5.41, 5.74) is 37.6. The number of hydrogen-bond donors (Lipinski definition) is 1. The molecule has 2 N–H and O–H groups in total. The van der Waals surface area contributed by atoms with Crippen LogP contribution in [-0.4, -0.2) is 32.9 Å². The Hall–Kier alpha value is -13.0. The Morgan fingerprint density at radius 1 is 0.294 bits per heavy atom. The zero-order valence-corrected chi connectivity index (χ0v) is 83.9. The molecule has 15 nitrogen and oxygen atoms in total. The van der Waals surface area contributed by atoms with Gasteiger partial charge in [-0.2, -0.15) is 4.33 Å². The van der Waals surface area contributed by atoms with E-state index in [9.17, 15) is 18.2 Å². The molecular formula is C112H92F5N9O6S2Zn2-2. The second-order valence-electron chi connectivity index (χ2n) is 34.9. The number of nitrogens with two attached hydrogens (primary N) is 1. The molecule has 0 aliphatic carbocycles. The predicted molar refractivity (Wildman–Crippen MR) is 531 cm³/mol. The average molecular weight is 1950 g/mol.